The van der Waals surface area contributed by atoms with Crippen molar-refractivity contribution in [3.63, 3.8) is 0 Å². The number of methoxy groups -OCH3 is 1. The maximum atomic E-state index is 11.4. The van der Waals surface area contributed by atoms with Gasteiger partial charge < -0.3 is 20.4 Å². The van der Waals surface area contributed by atoms with E-state index in [9.17, 15) is 9.59 Å². The number of nitrogens with zero attached hydrogens (tertiary/aromatic N) is 3. The molecule has 8 nitrogen and oxygen atoms in total. The van der Waals surface area contributed by atoms with E-state index in [2.05, 4.69) is 19.6 Å². The van der Waals surface area contributed by atoms with Gasteiger partial charge in [-0.05, 0) is 0 Å². The lowest BCUT2D eigenvalue weighted by Crippen LogP contribution is -2.47. The van der Waals surface area contributed by atoms with Gasteiger partial charge in [0.2, 0.25) is 0 Å². The van der Waals surface area contributed by atoms with Crippen molar-refractivity contribution in [2.75, 3.05) is 50.5 Å². The summed E-state index contributed by atoms with van der Waals surface area (Å²) >= 11 is 0. The van der Waals surface area contributed by atoms with E-state index in [0.717, 1.165) is 26.2 Å². The van der Waals surface area contributed by atoms with Crippen LogP contribution in [0.2, 0.25) is 0 Å². The van der Waals surface area contributed by atoms with Gasteiger partial charge in [0.15, 0.2) is 5.82 Å². The monoisotopic (exact) mass is 281 g/mol. The highest BCUT2D eigenvalue weighted by Gasteiger charge is 2.20. The summed E-state index contributed by atoms with van der Waals surface area (Å²) in [6, 6.07) is 0. The van der Waals surface area contributed by atoms with E-state index < -0.39 is 0 Å². The molecular weight excluding hydrogens is 262 g/mol. The summed E-state index contributed by atoms with van der Waals surface area (Å²) in [5.74, 6) is 0.328. The summed E-state index contributed by atoms with van der Waals surface area (Å²) in [6.45, 7) is 3.72. The van der Waals surface area contributed by atoms with Crippen molar-refractivity contribution >= 4 is 17.5 Å². The maximum absolute atomic E-state index is 11.4. The molecule has 8 heteroatoms. The third-order valence-corrected chi connectivity index (χ3v) is 3.40. The van der Waals surface area contributed by atoms with E-state index in [1.165, 1.54) is 13.4 Å². The molecule has 0 aromatic carbocycles. The first kappa shape index (κ1) is 14.3. The van der Waals surface area contributed by atoms with E-state index in [-0.39, 0.29) is 17.2 Å². The lowest BCUT2D eigenvalue weighted by atomic mass is 10.2. The zero-order valence-electron chi connectivity index (χ0n) is 11.5. The van der Waals surface area contributed by atoms with Crippen molar-refractivity contribution in [2.24, 2.45) is 0 Å². The lowest BCUT2D eigenvalue weighted by Gasteiger charge is -2.35. The maximum Gasteiger partial charge on any atom is 0.306 e. The molecule has 1 fully saturated rings. The molecule has 1 saturated heterocycles. The number of anilines is 2. The van der Waals surface area contributed by atoms with Crippen molar-refractivity contribution < 1.29 is 9.53 Å². The van der Waals surface area contributed by atoms with Gasteiger partial charge in [-0.25, -0.2) is 4.98 Å². The molecule has 1 aromatic heterocycles. The number of aromatic nitrogens is 2. The summed E-state index contributed by atoms with van der Waals surface area (Å²) in [5.41, 5.74) is 5.57. The van der Waals surface area contributed by atoms with Crippen molar-refractivity contribution in [1.82, 2.24) is 14.9 Å². The molecule has 1 aliphatic heterocycles. The number of aromatic amines is 1. The summed E-state index contributed by atoms with van der Waals surface area (Å²) < 4.78 is 4.62. The molecule has 0 bridgehead atoms. The molecule has 1 aliphatic rings. The Labute approximate surface area is 116 Å². The van der Waals surface area contributed by atoms with Crippen LogP contribution in [0.1, 0.15) is 6.42 Å². The van der Waals surface area contributed by atoms with Gasteiger partial charge in [0.25, 0.3) is 5.56 Å². The third-order valence-electron chi connectivity index (χ3n) is 3.40. The van der Waals surface area contributed by atoms with E-state index >= 15 is 0 Å². The Morgan fingerprint density at radius 2 is 2.15 bits per heavy atom. The van der Waals surface area contributed by atoms with Crippen LogP contribution in [0.3, 0.4) is 0 Å². The van der Waals surface area contributed by atoms with Gasteiger partial charge in [-0.1, -0.05) is 0 Å². The molecule has 0 atom stereocenters. The molecule has 1 aromatic rings. The van der Waals surface area contributed by atoms with Crippen LogP contribution in [0, 0.1) is 0 Å². The lowest BCUT2D eigenvalue weighted by molar-refractivity contribution is -0.141. The number of nitrogens with two attached hydrogens (primary N) is 1. The predicted molar refractivity (Wildman–Crippen MR) is 74.6 cm³/mol. The quantitative estimate of drug-likeness (QED) is 0.685. The average Bonchev–Trinajstić information content (AvgIpc) is 2.48. The van der Waals surface area contributed by atoms with Crippen molar-refractivity contribution in [1.29, 1.82) is 0 Å². The molecular formula is C12H19N5O3. The second-order valence-electron chi connectivity index (χ2n) is 4.62. The van der Waals surface area contributed by atoms with E-state index in [4.69, 9.17) is 5.73 Å². The number of hydrogen-bond acceptors (Lipinski definition) is 7. The average molecular weight is 281 g/mol. The van der Waals surface area contributed by atoms with Crippen molar-refractivity contribution in [3.05, 3.63) is 16.7 Å². The first-order chi connectivity index (χ1) is 9.61. The Bertz CT molecular complexity index is 522. The minimum Gasteiger partial charge on any atom is -0.469 e. The Balaban J connectivity index is 1.89. The predicted octanol–water partition coefficient (Wildman–Crippen LogP) is -0.963. The van der Waals surface area contributed by atoms with Gasteiger partial charge >= 0.3 is 5.97 Å². The second kappa shape index (κ2) is 6.38. The van der Waals surface area contributed by atoms with Crippen molar-refractivity contribution in [3.8, 4) is 0 Å². The van der Waals surface area contributed by atoms with Crippen LogP contribution in [-0.4, -0.2) is 60.7 Å². The fraction of sp³-hybridized carbons (Fsp3) is 0.583. The molecule has 2 rings (SSSR count). The first-order valence-electron chi connectivity index (χ1n) is 6.49. The largest absolute Gasteiger partial charge is 0.469 e. The Morgan fingerprint density at radius 1 is 1.45 bits per heavy atom. The third kappa shape index (κ3) is 3.27. The second-order valence-corrected chi connectivity index (χ2v) is 4.62. The first-order valence-corrected chi connectivity index (χ1v) is 6.49. The number of piperazine rings is 1. The summed E-state index contributed by atoms with van der Waals surface area (Å²) in [6.07, 6.45) is 1.75. The number of rotatable bonds is 4. The highest BCUT2D eigenvalue weighted by atomic mass is 16.5. The van der Waals surface area contributed by atoms with Gasteiger partial charge in [-0.3, -0.25) is 14.5 Å². The van der Waals surface area contributed by atoms with Gasteiger partial charge in [-0.15, -0.1) is 0 Å². The fourth-order valence-electron chi connectivity index (χ4n) is 2.19. The number of esters is 1. The van der Waals surface area contributed by atoms with Crippen LogP contribution in [0.4, 0.5) is 11.5 Å². The van der Waals surface area contributed by atoms with Crippen LogP contribution in [0.15, 0.2) is 11.1 Å². The van der Waals surface area contributed by atoms with E-state index in [1.54, 1.807) is 0 Å². The summed E-state index contributed by atoms with van der Waals surface area (Å²) in [4.78, 5) is 33.3. The summed E-state index contributed by atoms with van der Waals surface area (Å²) in [5, 5.41) is 0. The molecule has 0 saturated carbocycles. The summed E-state index contributed by atoms with van der Waals surface area (Å²) in [7, 11) is 1.39. The molecule has 2 heterocycles. The minimum atomic E-state index is -0.317. The molecule has 3 N–H and O–H groups in total. The number of hydrogen-bond donors (Lipinski definition) is 2. The Morgan fingerprint density at radius 3 is 2.80 bits per heavy atom. The SMILES string of the molecule is COC(=O)CCN1CCN(c2nc[nH]c(=O)c2N)CC1. The highest BCUT2D eigenvalue weighted by molar-refractivity contribution is 5.69. The van der Waals surface area contributed by atoms with Gasteiger partial charge in [0.05, 0.1) is 19.9 Å². The minimum absolute atomic E-state index is 0.149. The number of nitrogens with one attached hydrogen (secondary N) is 1. The smallest absolute Gasteiger partial charge is 0.306 e. The zero-order chi connectivity index (χ0) is 14.5. The Hall–Kier alpha value is -2.09. The number of nitrogen functional groups attached to an aromatic ring is 1. The zero-order valence-corrected chi connectivity index (χ0v) is 11.5. The molecule has 0 aliphatic carbocycles. The van der Waals surface area contributed by atoms with Gasteiger partial charge in [0.1, 0.15) is 5.69 Å². The number of H-pyrrole nitrogens is 1. The van der Waals surface area contributed by atoms with Crippen LogP contribution >= 0.6 is 0 Å². The molecule has 20 heavy (non-hydrogen) atoms. The van der Waals surface area contributed by atoms with Crippen LogP contribution in [0.25, 0.3) is 0 Å². The number of carbonyl (C=O) groups is 1. The highest BCUT2D eigenvalue weighted by Crippen LogP contribution is 2.17. The Kier molecular flexibility index (Phi) is 4.57. The van der Waals surface area contributed by atoms with Crippen molar-refractivity contribution in [2.45, 2.75) is 6.42 Å². The van der Waals surface area contributed by atoms with Gasteiger partial charge in [0, 0.05) is 32.7 Å². The van der Waals surface area contributed by atoms with Gasteiger partial charge in [-0.2, -0.15) is 0 Å². The van der Waals surface area contributed by atoms with Crippen LogP contribution in [0.5, 0.6) is 0 Å². The standard InChI is InChI=1S/C12H19N5O3/c1-20-9(18)2-3-16-4-6-17(7-5-16)11-10(13)12(19)15-8-14-11/h8H,2-7,13H2,1H3,(H,14,15,19). The molecule has 0 spiro atoms. The normalized spacial score (nSPS) is 16.1. The van der Waals surface area contributed by atoms with Crippen LogP contribution in [-0.2, 0) is 9.53 Å². The number of carbonyl (C=O) groups excluding carboxylic acids is 1. The molecule has 0 unspecified atom stereocenters. The number of ether oxygens (including phenoxy) is 1. The molecule has 110 valence electrons. The van der Waals surface area contributed by atoms with Crippen LogP contribution < -0.4 is 16.2 Å². The molecule has 0 radical (unpaired) electrons. The van der Waals surface area contributed by atoms with E-state index in [0.29, 0.717) is 18.8 Å². The molecule has 0 amide bonds. The van der Waals surface area contributed by atoms with E-state index in [1.807, 2.05) is 4.90 Å². The topological polar surface area (TPSA) is 105 Å². The fourth-order valence-corrected chi connectivity index (χ4v) is 2.19.